The van der Waals surface area contributed by atoms with Crippen LogP contribution in [0, 0.1) is 11.3 Å². The summed E-state index contributed by atoms with van der Waals surface area (Å²) in [5.74, 6) is 0. The minimum absolute atomic E-state index is 0.668. The summed E-state index contributed by atoms with van der Waals surface area (Å²) in [4.78, 5) is 0. The highest BCUT2D eigenvalue weighted by molar-refractivity contribution is 6.14. The van der Waals surface area contributed by atoms with Gasteiger partial charge in [0.05, 0.1) is 61.8 Å². The number of anilines is 1. The Kier molecular flexibility index (Phi) is 6.40. The molecule has 5 nitrogen and oxygen atoms in total. The molecule has 0 unspecified atom stereocenters. The summed E-state index contributed by atoms with van der Waals surface area (Å²) in [5, 5.41) is 16.9. The van der Waals surface area contributed by atoms with E-state index in [2.05, 4.69) is 177 Å². The molecule has 5 heteroatoms. The highest BCUT2D eigenvalue weighted by Crippen LogP contribution is 2.41. The number of nitrogen functional groups attached to an aromatic ring is 1. The van der Waals surface area contributed by atoms with Crippen LogP contribution in [0.25, 0.3) is 93.6 Å². The van der Waals surface area contributed by atoms with Gasteiger partial charge in [0, 0.05) is 43.6 Å². The van der Waals surface area contributed by atoms with Gasteiger partial charge in [0.25, 0.3) is 0 Å². The first-order chi connectivity index (χ1) is 26.7. The first-order valence-corrected chi connectivity index (χ1v) is 18.1. The monoisotopic (exact) mass is 689 g/mol. The molecule has 3 aromatic heterocycles. The second-order valence-corrected chi connectivity index (χ2v) is 13.9. The van der Waals surface area contributed by atoms with E-state index in [1.165, 1.54) is 32.6 Å². The number of benzene rings is 8. The van der Waals surface area contributed by atoms with Gasteiger partial charge in [-0.05, 0) is 78.4 Å². The van der Waals surface area contributed by atoms with Crippen molar-refractivity contribution in [2.45, 2.75) is 0 Å². The quantitative estimate of drug-likeness (QED) is 0.187. The Labute approximate surface area is 310 Å². The Morgan fingerprint density at radius 2 is 0.944 bits per heavy atom. The van der Waals surface area contributed by atoms with Gasteiger partial charge in [-0.1, -0.05) is 103 Å². The average Bonchev–Trinajstić information content (AvgIpc) is 3.86. The predicted octanol–water partition coefficient (Wildman–Crippen LogP) is 12.1. The Bertz CT molecular complexity index is 3310. The Hall–Kier alpha value is -7.55. The molecular weight excluding hydrogens is 659 g/mol. The fourth-order valence-electron chi connectivity index (χ4n) is 8.77. The molecule has 2 N–H and O–H groups in total. The van der Waals surface area contributed by atoms with Crippen LogP contribution < -0.4 is 5.73 Å². The number of hydrogen-bond acceptors (Lipinski definition) is 2. The zero-order chi connectivity index (χ0) is 35.9. The van der Waals surface area contributed by atoms with Crippen LogP contribution in [-0.4, -0.2) is 13.7 Å². The number of nitriles is 1. The SMILES string of the molecule is N#Cc1cccc2c1c1ccccc1n2-c1ccccc1-c1ccc(-n2c3ccccc3c3cc(-n4c5ccccc5c5ccccc54)ccc32)c(N)c1. The number of hydrogen-bond donors (Lipinski definition) is 1. The largest absolute Gasteiger partial charge is 0.397 e. The van der Waals surface area contributed by atoms with Crippen molar-refractivity contribution >= 4 is 71.1 Å². The van der Waals surface area contributed by atoms with Gasteiger partial charge in [0.1, 0.15) is 0 Å². The highest BCUT2D eigenvalue weighted by Gasteiger charge is 2.20. The van der Waals surface area contributed by atoms with Crippen molar-refractivity contribution < 1.29 is 0 Å². The van der Waals surface area contributed by atoms with Gasteiger partial charge < -0.3 is 19.4 Å². The van der Waals surface area contributed by atoms with E-state index in [4.69, 9.17) is 5.73 Å². The molecule has 3 heterocycles. The number of para-hydroxylation sites is 5. The lowest BCUT2D eigenvalue weighted by molar-refractivity contribution is 1.16. The van der Waals surface area contributed by atoms with E-state index in [0.29, 0.717) is 11.3 Å². The maximum atomic E-state index is 10.0. The van der Waals surface area contributed by atoms with Gasteiger partial charge in [-0.3, -0.25) is 0 Å². The van der Waals surface area contributed by atoms with E-state index in [1.807, 2.05) is 18.2 Å². The third-order valence-corrected chi connectivity index (χ3v) is 11.0. The second-order valence-electron chi connectivity index (χ2n) is 13.9. The Morgan fingerprint density at radius 3 is 1.63 bits per heavy atom. The number of nitrogens with zero attached hydrogens (tertiary/aromatic N) is 4. The molecule has 0 amide bonds. The molecule has 11 aromatic rings. The van der Waals surface area contributed by atoms with Gasteiger partial charge in [0.15, 0.2) is 0 Å². The van der Waals surface area contributed by atoms with Crippen LogP contribution in [-0.2, 0) is 0 Å². The summed E-state index contributed by atoms with van der Waals surface area (Å²) in [6.45, 7) is 0. The molecule has 0 radical (unpaired) electrons. The molecule has 11 rings (SSSR count). The number of nitrogens with two attached hydrogens (primary N) is 1. The fraction of sp³-hybridized carbons (Fsp3) is 0. The third kappa shape index (κ3) is 4.19. The summed E-state index contributed by atoms with van der Waals surface area (Å²) in [5.41, 5.74) is 20.2. The van der Waals surface area contributed by atoms with Gasteiger partial charge in [-0.2, -0.15) is 5.26 Å². The number of fused-ring (bicyclic) bond motifs is 9. The molecule has 54 heavy (non-hydrogen) atoms. The Morgan fingerprint density at radius 1 is 0.407 bits per heavy atom. The van der Waals surface area contributed by atoms with Crippen LogP contribution in [0.5, 0.6) is 0 Å². The van der Waals surface area contributed by atoms with Crippen LogP contribution in [0.2, 0.25) is 0 Å². The minimum Gasteiger partial charge on any atom is -0.397 e. The summed E-state index contributed by atoms with van der Waals surface area (Å²) < 4.78 is 6.93. The van der Waals surface area contributed by atoms with Crippen LogP contribution >= 0.6 is 0 Å². The summed E-state index contributed by atoms with van der Waals surface area (Å²) >= 11 is 0. The molecule has 0 bridgehead atoms. The van der Waals surface area contributed by atoms with Crippen molar-refractivity contribution in [3.63, 3.8) is 0 Å². The zero-order valence-electron chi connectivity index (χ0n) is 29.1. The summed E-state index contributed by atoms with van der Waals surface area (Å²) in [6, 6.07) is 64.1. The Balaban J connectivity index is 1.09. The van der Waals surface area contributed by atoms with Crippen LogP contribution in [0.1, 0.15) is 5.56 Å². The van der Waals surface area contributed by atoms with Crippen molar-refractivity contribution in [1.29, 1.82) is 5.26 Å². The van der Waals surface area contributed by atoms with Gasteiger partial charge in [0.2, 0.25) is 0 Å². The topological polar surface area (TPSA) is 64.6 Å². The van der Waals surface area contributed by atoms with Crippen LogP contribution in [0.3, 0.4) is 0 Å². The van der Waals surface area contributed by atoms with Crippen molar-refractivity contribution in [1.82, 2.24) is 13.7 Å². The maximum absolute atomic E-state index is 10.0. The summed E-state index contributed by atoms with van der Waals surface area (Å²) in [6.07, 6.45) is 0. The van der Waals surface area contributed by atoms with Gasteiger partial charge in [-0.15, -0.1) is 0 Å². The number of aromatic nitrogens is 3. The lowest BCUT2D eigenvalue weighted by atomic mass is 10.0. The average molecular weight is 690 g/mol. The molecular formula is C49H31N5. The third-order valence-electron chi connectivity index (χ3n) is 11.0. The molecule has 0 aliphatic heterocycles. The second kappa shape index (κ2) is 11.5. The normalized spacial score (nSPS) is 11.8. The fourth-order valence-corrected chi connectivity index (χ4v) is 8.77. The molecule has 0 fully saturated rings. The molecule has 8 aromatic carbocycles. The van der Waals surface area contributed by atoms with Crippen LogP contribution in [0.15, 0.2) is 176 Å². The summed E-state index contributed by atoms with van der Waals surface area (Å²) in [7, 11) is 0. The van der Waals surface area contributed by atoms with E-state index in [0.717, 1.165) is 61.0 Å². The molecule has 0 aliphatic carbocycles. The van der Waals surface area contributed by atoms with E-state index < -0.39 is 0 Å². The molecule has 0 aliphatic rings. The van der Waals surface area contributed by atoms with Gasteiger partial charge >= 0.3 is 0 Å². The van der Waals surface area contributed by atoms with Crippen molar-refractivity contribution in [3.8, 4) is 34.3 Å². The molecule has 252 valence electrons. The maximum Gasteiger partial charge on any atom is 0.0998 e. The molecule has 0 saturated carbocycles. The van der Waals surface area contributed by atoms with Crippen molar-refractivity contribution in [2.75, 3.05) is 5.73 Å². The molecule has 0 spiro atoms. The molecule has 0 saturated heterocycles. The van der Waals surface area contributed by atoms with Gasteiger partial charge in [-0.25, -0.2) is 0 Å². The van der Waals surface area contributed by atoms with Crippen molar-refractivity contribution in [3.05, 3.63) is 181 Å². The highest BCUT2D eigenvalue weighted by atomic mass is 15.0. The smallest absolute Gasteiger partial charge is 0.0998 e. The first-order valence-electron chi connectivity index (χ1n) is 18.1. The first kappa shape index (κ1) is 30.1. The lowest BCUT2D eigenvalue weighted by Gasteiger charge is -2.16. The molecule has 0 atom stereocenters. The zero-order valence-corrected chi connectivity index (χ0v) is 29.1. The predicted molar refractivity (Wildman–Crippen MR) is 224 cm³/mol. The van der Waals surface area contributed by atoms with E-state index >= 15 is 0 Å². The van der Waals surface area contributed by atoms with Crippen LogP contribution in [0.4, 0.5) is 5.69 Å². The van der Waals surface area contributed by atoms with E-state index in [9.17, 15) is 5.26 Å². The van der Waals surface area contributed by atoms with E-state index in [1.54, 1.807) is 0 Å². The van der Waals surface area contributed by atoms with Crippen molar-refractivity contribution in [2.24, 2.45) is 0 Å². The lowest BCUT2D eigenvalue weighted by Crippen LogP contribution is -2.01. The van der Waals surface area contributed by atoms with E-state index in [-0.39, 0.29) is 0 Å². The standard InChI is InChI=1S/C49H31N5/c50-30-32-12-11-23-48-49(32)38-17-5-10-22-45(38)54(48)41-18-6-1-13-34(41)31-24-26-47(40(51)28-31)53-44-21-9-4-16-37(44)39-29-33(25-27-46(39)53)52-42-19-7-2-14-35(42)36-15-3-8-20-43(36)52/h1-29H,51H2. The minimum atomic E-state index is 0.668. The number of rotatable bonds is 4.